The molecule has 0 heterocycles. The summed E-state index contributed by atoms with van der Waals surface area (Å²) < 4.78 is 10.3. The lowest BCUT2D eigenvalue weighted by molar-refractivity contribution is -0.123. The Morgan fingerprint density at radius 2 is 1.89 bits per heavy atom. The van der Waals surface area contributed by atoms with E-state index >= 15 is 0 Å². The quantitative estimate of drug-likeness (QED) is 0.681. The van der Waals surface area contributed by atoms with Crippen LogP contribution in [0, 0.1) is 0 Å². The van der Waals surface area contributed by atoms with Crippen molar-refractivity contribution in [2.75, 3.05) is 11.9 Å². The first-order valence-corrected chi connectivity index (χ1v) is 8.50. The van der Waals surface area contributed by atoms with Gasteiger partial charge in [0.1, 0.15) is 5.75 Å². The molecule has 0 saturated heterocycles. The molecule has 3 N–H and O–H groups in total. The van der Waals surface area contributed by atoms with Crippen molar-refractivity contribution < 1.29 is 23.9 Å². The molecule has 0 aliphatic heterocycles. The van der Waals surface area contributed by atoms with Crippen LogP contribution in [0.5, 0.6) is 5.75 Å². The number of primary amides is 1. The Kier molecular flexibility index (Phi) is 7.04. The highest BCUT2D eigenvalue weighted by molar-refractivity contribution is 6.35. The van der Waals surface area contributed by atoms with E-state index < -0.39 is 23.9 Å². The summed E-state index contributed by atoms with van der Waals surface area (Å²) in [5.74, 6) is -1.69. The first kappa shape index (κ1) is 20.5. The fourth-order valence-electron chi connectivity index (χ4n) is 1.98. The summed E-state index contributed by atoms with van der Waals surface area (Å²) >= 11 is 11.9. The van der Waals surface area contributed by atoms with E-state index in [1.807, 2.05) is 0 Å². The number of rotatable bonds is 7. The number of esters is 1. The van der Waals surface area contributed by atoms with Crippen LogP contribution >= 0.6 is 23.2 Å². The van der Waals surface area contributed by atoms with Crippen LogP contribution in [0.1, 0.15) is 17.3 Å². The fraction of sp³-hybridized carbons (Fsp3) is 0.167. The molecule has 0 bridgehead atoms. The lowest BCUT2D eigenvalue weighted by Gasteiger charge is -2.15. The predicted octanol–water partition coefficient (Wildman–Crippen LogP) is 3.04. The van der Waals surface area contributed by atoms with E-state index in [1.165, 1.54) is 31.2 Å². The van der Waals surface area contributed by atoms with Gasteiger partial charge in [0, 0.05) is 5.02 Å². The summed E-state index contributed by atoms with van der Waals surface area (Å²) in [6, 6.07) is 10.6. The average Bonchev–Trinajstić information content (AvgIpc) is 2.63. The normalized spacial score (nSPS) is 11.4. The van der Waals surface area contributed by atoms with Gasteiger partial charge in [-0.05, 0) is 43.3 Å². The third kappa shape index (κ3) is 6.16. The Morgan fingerprint density at radius 1 is 1.15 bits per heavy atom. The van der Waals surface area contributed by atoms with Crippen LogP contribution < -0.4 is 15.8 Å². The molecule has 0 fully saturated rings. The number of carbonyl (C=O) groups is 3. The van der Waals surface area contributed by atoms with Crippen LogP contribution in [0.25, 0.3) is 0 Å². The second-order valence-corrected chi connectivity index (χ2v) is 6.29. The Bertz CT molecular complexity index is 873. The number of carbonyl (C=O) groups excluding carboxylic acids is 3. The van der Waals surface area contributed by atoms with Crippen molar-refractivity contribution in [2.45, 2.75) is 13.0 Å². The Hall–Kier alpha value is -2.77. The highest BCUT2D eigenvalue weighted by atomic mass is 35.5. The molecule has 0 unspecified atom stereocenters. The maximum Gasteiger partial charge on any atom is 0.339 e. The van der Waals surface area contributed by atoms with Gasteiger partial charge in [0.2, 0.25) is 0 Å². The summed E-state index contributed by atoms with van der Waals surface area (Å²) in [7, 11) is 0. The first-order chi connectivity index (χ1) is 12.8. The molecule has 0 saturated carbocycles. The van der Waals surface area contributed by atoms with Gasteiger partial charge >= 0.3 is 5.97 Å². The highest BCUT2D eigenvalue weighted by Crippen LogP contribution is 2.25. The highest BCUT2D eigenvalue weighted by Gasteiger charge is 2.20. The number of nitrogens with two attached hydrogens (primary N) is 1. The molecule has 2 aromatic carbocycles. The molecule has 1 atom stereocenters. The van der Waals surface area contributed by atoms with Crippen LogP contribution in [0.15, 0.2) is 42.5 Å². The standard InChI is InChI=1S/C18H16Cl2N2O5/c1-10(17(24)22-15-8-12(19)5-6-14(15)20)27-18(25)11-3-2-4-13(7-11)26-9-16(21)23/h2-8,10H,9H2,1H3,(H2,21,23)(H,22,24)/t10-/m1/s1. The van der Waals surface area contributed by atoms with Gasteiger partial charge in [-0.25, -0.2) is 4.79 Å². The Balaban J connectivity index is 2.00. The van der Waals surface area contributed by atoms with Gasteiger partial charge < -0.3 is 20.5 Å². The largest absolute Gasteiger partial charge is 0.484 e. The van der Waals surface area contributed by atoms with E-state index in [-0.39, 0.29) is 17.9 Å². The zero-order valence-electron chi connectivity index (χ0n) is 14.2. The average molecular weight is 411 g/mol. The lowest BCUT2D eigenvalue weighted by Crippen LogP contribution is -2.30. The summed E-state index contributed by atoms with van der Waals surface area (Å²) in [5, 5.41) is 3.24. The predicted molar refractivity (Wildman–Crippen MR) is 101 cm³/mol. The summed E-state index contributed by atoms with van der Waals surface area (Å²) in [6.07, 6.45) is -1.09. The van der Waals surface area contributed by atoms with E-state index in [0.29, 0.717) is 15.7 Å². The molecule has 27 heavy (non-hydrogen) atoms. The minimum Gasteiger partial charge on any atom is -0.484 e. The second kappa shape index (κ2) is 9.25. The molecule has 2 rings (SSSR count). The van der Waals surface area contributed by atoms with E-state index in [2.05, 4.69) is 5.32 Å². The van der Waals surface area contributed by atoms with Gasteiger partial charge in [-0.3, -0.25) is 9.59 Å². The van der Waals surface area contributed by atoms with Crippen molar-refractivity contribution >= 4 is 46.7 Å². The molecular formula is C18H16Cl2N2O5. The summed E-state index contributed by atoms with van der Waals surface area (Å²) in [6.45, 7) is 1.09. The SMILES string of the molecule is C[C@@H](OC(=O)c1cccc(OCC(N)=O)c1)C(=O)Nc1cc(Cl)ccc1Cl. The number of ether oxygens (including phenoxy) is 2. The maximum absolute atomic E-state index is 12.2. The van der Waals surface area contributed by atoms with Crippen molar-refractivity contribution in [1.29, 1.82) is 0 Å². The first-order valence-electron chi connectivity index (χ1n) is 7.74. The number of hydrogen-bond donors (Lipinski definition) is 2. The van der Waals surface area contributed by atoms with Crippen molar-refractivity contribution in [3.8, 4) is 5.75 Å². The van der Waals surface area contributed by atoms with Gasteiger partial charge in [-0.15, -0.1) is 0 Å². The van der Waals surface area contributed by atoms with Crippen LogP contribution in [0.3, 0.4) is 0 Å². The fourth-order valence-corrected chi connectivity index (χ4v) is 2.31. The number of benzene rings is 2. The van der Waals surface area contributed by atoms with Gasteiger partial charge in [0.25, 0.3) is 11.8 Å². The van der Waals surface area contributed by atoms with Crippen LogP contribution in [-0.2, 0) is 14.3 Å². The zero-order chi connectivity index (χ0) is 20.0. The molecule has 2 aromatic rings. The number of anilines is 1. The van der Waals surface area contributed by atoms with Gasteiger partial charge in [0.05, 0.1) is 16.3 Å². The van der Waals surface area contributed by atoms with Crippen molar-refractivity contribution in [2.24, 2.45) is 5.73 Å². The number of nitrogens with one attached hydrogen (secondary N) is 1. The van der Waals surface area contributed by atoms with Gasteiger partial charge in [-0.1, -0.05) is 29.3 Å². The third-order valence-corrected chi connectivity index (χ3v) is 3.85. The van der Waals surface area contributed by atoms with E-state index in [4.69, 9.17) is 38.4 Å². The second-order valence-electron chi connectivity index (χ2n) is 5.44. The van der Waals surface area contributed by atoms with E-state index in [0.717, 1.165) is 0 Å². The molecule has 2 amide bonds. The molecule has 0 aliphatic rings. The van der Waals surface area contributed by atoms with Crippen LogP contribution in [0.2, 0.25) is 10.0 Å². The minimum absolute atomic E-state index is 0.150. The van der Waals surface area contributed by atoms with Crippen molar-refractivity contribution in [3.63, 3.8) is 0 Å². The Labute approximate surface area is 165 Å². The maximum atomic E-state index is 12.2. The minimum atomic E-state index is -1.09. The molecular weight excluding hydrogens is 395 g/mol. The smallest absolute Gasteiger partial charge is 0.339 e. The zero-order valence-corrected chi connectivity index (χ0v) is 15.7. The van der Waals surface area contributed by atoms with Crippen molar-refractivity contribution in [1.82, 2.24) is 0 Å². The van der Waals surface area contributed by atoms with E-state index in [1.54, 1.807) is 18.2 Å². The number of amides is 2. The molecule has 0 radical (unpaired) electrons. The summed E-state index contributed by atoms with van der Waals surface area (Å²) in [4.78, 5) is 35.2. The molecule has 0 aromatic heterocycles. The topological polar surface area (TPSA) is 108 Å². The van der Waals surface area contributed by atoms with Crippen LogP contribution in [0.4, 0.5) is 5.69 Å². The van der Waals surface area contributed by atoms with Gasteiger partial charge in [0.15, 0.2) is 12.7 Å². The molecule has 142 valence electrons. The Morgan fingerprint density at radius 3 is 2.59 bits per heavy atom. The van der Waals surface area contributed by atoms with Gasteiger partial charge in [-0.2, -0.15) is 0 Å². The van der Waals surface area contributed by atoms with Crippen molar-refractivity contribution in [3.05, 3.63) is 58.1 Å². The lowest BCUT2D eigenvalue weighted by atomic mass is 10.2. The summed E-state index contributed by atoms with van der Waals surface area (Å²) in [5.41, 5.74) is 5.46. The monoisotopic (exact) mass is 410 g/mol. The number of halogens is 2. The molecule has 0 aliphatic carbocycles. The van der Waals surface area contributed by atoms with E-state index in [9.17, 15) is 14.4 Å². The van der Waals surface area contributed by atoms with Crippen LogP contribution in [-0.4, -0.2) is 30.5 Å². The third-order valence-electron chi connectivity index (χ3n) is 3.29. The number of hydrogen-bond acceptors (Lipinski definition) is 5. The molecule has 0 spiro atoms. The molecule has 9 heteroatoms. The molecule has 7 nitrogen and oxygen atoms in total.